The maximum atomic E-state index is 6.72. The van der Waals surface area contributed by atoms with Gasteiger partial charge in [-0.05, 0) is 178 Å². The van der Waals surface area contributed by atoms with Crippen molar-refractivity contribution < 1.29 is 4.42 Å². The average molecular weight is 1060 g/mol. The van der Waals surface area contributed by atoms with Gasteiger partial charge in [0.25, 0.3) is 0 Å². The van der Waals surface area contributed by atoms with Crippen molar-refractivity contribution in [3.05, 3.63) is 303 Å². The quantitative estimate of drug-likeness (QED) is 0.125. The van der Waals surface area contributed by atoms with Gasteiger partial charge in [-0.2, -0.15) is 0 Å². The Hall–Kier alpha value is -10.9. The highest BCUT2D eigenvalue weighted by molar-refractivity contribution is 6.17. The Labute approximate surface area is 480 Å². The molecule has 0 spiro atoms. The molecular weight excluding hydrogens is 1010 g/mol. The molecule has 16 rings (SSSR count). The number of allylic oxidation sites excluding steroid dienone is 5. The Kier molecular flexibility index (Phi) is 11.2. The number of para-hydroxylation sites is 4. The molecule has 390 valence electrons. The minimum Gasteiger partial charge on any atom is -0.456 e. The van der Waals surface area contributed by atoms with E-state index >= 15 is 0 Å². The monoisotopic (exact) mass is 1060 g/mol. The molecular formula is C79H53N3O. The van der Waals surface area contributed by atoms with Crippen LogP contribution in [0.15, 0.2) is 302 Å². The second kappa shape index (κ2) is 19.4. The Morgan fingerprint density at radius 1 is 0.325 bits per heavy atom. The molecule has 83 heavy (non-hydrogen) atoms. The van der Waals surface area contributed by atoms with Crippen molar-refractivity contribution in [1.29, 1.82) is 0 Å². The molecule has 0 saturated heterocycles. The van der Waals surface area contributed by atoms with Crippen LogP contribution < -0.4 is 0 Å². The first-order valence-corrected chi connectivity index (χ1v) is 28.4. The highest BCUT2D eigenvalue weighted by atomic mass is 16.3. The van der Waals surface area contributed by atoms with Gasteiger partial charge < -0.3 is 18.1 Å². The molecule has 0 saturated carbocycles. The average Bonchev–Trinajstić information content (AvgIpc) is 2.42. The summed E-state index contributed by atoms with van der Waals surface area (Å²) in [7, 11) is 0. The van der Waals surface area contributed by atoms with Gasteiger partial charge in [0.2, 0.25) is 0 Å². The Balaban J connectivity index is 0.829. The maximum absolute atomic E-state index is 6.72. The van der Waals surface area contributed by atoms with Crippen LogP contribution in [0.5, 0.6) is 0 Å². The van der Waals surface area contributed by atoms with Gasteiger partial charge in [-0.1, -0.05) is 183 Å². The van der Waals surface area contributed by atoms with Gasteiger partial charge in [0.15, 0.2) is 0 Å². The summed E-state index contributed by atoms with van der Waals surface area (Å²) in [4.78, 5) is 0. The lowest BCUT2D eigenvalue weighted by atomic mass is 9.96. The van der Waals surface area contributed by atoms with Crippen LogP contribution in [0.2, 0.25) is 0 Å². The van der Waals surface area contributed by atoms with Crippen LogP contribution >= 0.6 is 0 Å². The summed E-state index contributed by atoms with van der Waals surface area (Å²) in [5.41, 5.74) is 23.7. The topological polar surface area (TPSA) is 27.9 Å². The summed E-state index contributed by atoms with van der Waals surface area (Å²) in [6, 6.07) is 97.6. The van der Waals surface area contributed by atoms with E-state index in [1.54, 1.807) is 0 Å². The lowest BCUT2D eigenvalue weighted by Gasteiger charge is -2.14. The third-order valence-corrected chi connectivity index (χ3v) is 16.9. The summed E-state index contributed by atoms with van der Waals surface area (Å²) in [6.07, 6.45) is 7.99. The fraction of sp³-hybridized carbons (Fsp3) is 0.0127. The van der Waals surface area contributed by atoms with Crippen molar-refractivity contribution in [1.82, 2.24) is 13.7 Å². The molecule has 0 N–H and O–H groups in total. The number of fused-ring (bicyclic) bond motifs is 12. The van der Waals surface area contributed by atoms with E-state index < -0.39 is 0 Å². The first-order valence-electron chi connectivity index (χ1n) is 28.4. The molecule has 0 amide bonds. The Morgan fingerprint density at radius 3 is 1.48 bits per heavy atom. The predicted molar refractivity (Wildman–Crippen MR) is 351 cm³/mol. The number of hydrogen-bond acceptors (Lipinski definition) is 1. The third kappa shape index (κ3) is 7.90. The van der Waals surface area contributed by atoms with E-state index in [1.165, 1.54) is 71.2 Å². The normalized spacial score (nSPS) is 12.2. The maximum Gasteiger partial charge on any atom is 0.136 e. The zero-order valence-corrected chi connectivity index (χ0v) is 45.7. The van der Waals surface area contributed by atoms with Gasteiger partial charge in [0, 0.05) is 60.2 Å². The molecule has 0 atom stereocenters. The number of benzene rings is 12. The Bertz CT molecular complexity index is 5340. The molecule has 0 aliphatic rings. The molecule has 0 aliphatic carbocycles. The summed E-state index contributed by atoms with van der Waals surface area (Å²) < 4.78 is 14.0. The van der Waals surface area contributed by atoms with Gasteiger partial charge in [-0.3, -0.25) is 0 Å². The summed E-state index contributed by atoms with van der Waals surface area (Å²) in [5, 5.41) is 9.48. The molecule has 12 aromatic carbocycles. The zero-order chi connectivity index (χ0) is 55.1. The molecule has 16 aromatic rings. The first-order chi connectivity index (χ1) is 41.0. The first kappa shape index (κ1) is 48.0. The van der Waals surface area contributed by atoms with E-state index in [9.17, 15) is 0 Å². The summed E-state index contributed by atoms with van der Waals surface area (Å²) >= 11 is 0. The van der Waals surface area contributed by atoms with E-state index in [0.717, 1.165) is 88.9 Å². The largest absolute Gasteiger partial charge is 0.456 e. The molecule has 4 nitrogen and oxygen atoms in total. The number of aromatic nitrogens is 3. The number of furan rings is 1. The molecule has 4 heteroatoms. The van der Waals surface area contributed by atoms with Gasteiger partial charge in [-0.25, -0.2) is 0 Å². The molecule has 0 unspecified atom stereocenters. The second-order valence-electron chi connectivity index (χ2n) is 21.7. The van der Waals surface area contributed by atoms with Gasteiger partial charge >= 0.3 is 0 Å². The Morgan fingerprint density at radius 2 is 0.819 bits per heavy atom. The van der Waals surface area contributed by atoms with E-state index in [4.69, 9.17) is 4.42 Å². The fourth-order valence-electron chi connectivity index (χ4n) is 13.0. The molecule has 0 fully saturated rings. The van der Waals surface area contributed by atoms with Gasteiger partial charge in [-0.15, -0.1) is 0 Å². The predicted octanol–water partition coefficient (Wildman–Crippen LogP) is 21.7. The third-order valence-electron chi connectivity index (χ3n) is 16.9. The minimum absolute atomic E-state index is 0.863. The highest BCUT2D eigenvalue weighted by Gasteiger charge is 2.21. The van der Waals surface area contributed by atoms with E-state index in [2.05, 4.69) is 306 Å². The van der Waals surface area contributed by atoms with Gasteiger partial charge in [0.1, 0.15) is 11.2 Å². The van der Waals surface area contributed by atoms with Crippen molar-refractivity contribution in [2.75, 3.05) is 0 Å². The van der Waals surface area contributed by atoms with Crippen LogP contribution in [0.1, 0.15) is 12.5 Å². The lowest BCUT2D eigenvalue weighted by molar-refractivity contribution is 0.669. The zero-order valence-electron chi connectivity index (χ0n) is 45.7. The molecule has 4 heterocycles. The number of hydrogen-bond donors (Lipinski definition) is 0. The van der Waals surface area contributed by atoms with Crippen LogP contribution in [0.25, 0.3) is 154 Å². The van der Waals surface area contributed by atoms with Crippen molar-refractivity contribution in [2.45, 2.75) is 6.92 Å². The van der Waals surface area contributed by atoms with Crippen LogP contribution in [-0.2, 0) is 0 Å². The van der Waals surface area contributed by atoms with Crippen molar-refractivity contribution in [2.24, 2.45) is 0 Å². The molecule has 0 aliphatic heterocycles. The van der Waals surface area contributed by atoms with Crippen molar-refractivity contribution in [3.8, 4) is 61.6 Å². The molecule has 4 aromatic heterocycles. The molecule has 0 radical (unpaired) electrons. The standard InChI is InChI=1S/C79H53N3O/c1-3-4-8-20-51(2)58-43-59(52-21-9-5-10-22-52)45-62(44-58)82-72-31-18-16-28-65(72)67-49-57(36-41-73(67)82)63-29-19-32-78-79(63)70-48-55(37-42-77(70)83-78)53-34-39-74-68(46-53)69-47-54(35-40-75(69)80(74)60-23-11-6-12-24-60)56-33-38-66-64-27-15-17-30-71(64)81(76(66)50-56)61-25-13-7-14-26-61/h3-50H,1H2,2H3/b8-4-,51-20+. The van der Waals surface area contributed by atoms with E-state index in [1.807, 2.05) is 12.2 Å². The number of rotatable bonds is 10. The summed E-state index contributed by atoms with van der Waals surface area (Å²) in [6.45, 7) is 6.06. The number of nitrogens with zero attached hydrogens (tertiary/aromatic N) is 3. The van der Waals surface area contributed by atoms with Crippen LogP contribution in [0, 0.1) is 0 Å². The highest BCUT2D eigenvalue weighted by Crippen LogP contribution is 2.44. The smallest absolute Gasteiger partial charge is 0.136 e. The molecule has 0 bridgehead atoms. The second-order valence-corrected chi connectivity index (χ2v) is 21.7. The van der Waals surface area contributed by atoms with Gasteiger partial charge in [0.05, 0.1) is 33.1 Å². The van der Waals surface area contributed by atoms with Crippen LogP contribution in [-0.4, -0.2) is 13.7 Å². The van der Waals surface area contributed by atoms with Crippen molar-refractivity contribution in [3.63, 3.8) is 0 Å². The van der Waals surface area contributed by atoms with E-state index in [-0.39, 0.29) is 0 Å². The van der Waals surface area contributed by atoms with Crippen molar-refractivity contribution >= 4 is 92.9 Å². The SMILES string of the molecule is C=C/C=C\C=C(/C)c1cc(-c2ccccc2)cc(-n2c3ccccc3c3cc(-c4cccc5oc6ccc(-c7ccc8c(c7)c7cc(-c9ccc%10c%11ccccc%11n(-c%11ccccc%11)c%10c9)ccc7n8-c7ccccc7)cc6c45)ccc32)c1. The summed E-state index contributed by atoms with van der Waals surface area (Å²) in [5.74, 6) is 0. The fourth-order valence-corrected chi connectivity index (χ4v) is 13.0. The van der Waals surface area contributed by atoms with Crippen LogP contribution in [0.3, 0.4) is 0 Å². The lowest BCUT2D eigenvalue weighted by Crippen LogP contribution is -1.96. The minimum atomic E-state index is 0.863. The van der Waals surface area contributed by atoms with Crippen LogP contribution in [0.4, 0.5) is 0 Å². The van der Waals surface area contributed by atoms with E-state index in [0.29, 0.717) is 0 Å².